The fraction of sp³-hybridized carbons (Fsp3) is 0.824. The van der Waals surface area contributed by atoms with Gasteiger partial charge >= 0.3 is 0 Å². The van der Waals surface area contributed by atoms with Crippen LogP contribution in [0, 0.1) is 5.41 Å². The second kappa shape index (κ2) is 8.09. The Bertz CT molecular complexity index is 389. The number of rotatable bonds is 5. The Morgan fingerprint density at radius 1 is 1.36 bits per heavy atom. The Morgan fingerprint density at radius 3 is 2.64 bits per heavy atom. The second-order valence-corrected chi connectivity index (χ2v) is 7.28. The molecule has 2 N–H and O–H groups in total. The summed E-state index contributed by atoms with van der Waals surface area (Å²) in [5.74, 6) is -0.0734. The zero-order chi connectivity index (χ0) is 16.0. The maximum Gasteiger partial charge on any atom is 0.244 e. The van der Waals surface area contributed by atoms with E-state index in [4.69, 9.17) is 4.74 Å². The molecule has 5 nitrogen and oxygen atoms in total. The van der Waals surface area contributed by atoms with Crippen molar-refractivity contribution in [3.8, 4) is 0 Å². The van der Waals surface area contributed by atoms with Crippen LogP contribution in [0.2, 0.25) is 0 Å². The molecule has 2 fully saturated rings. The molecule has 22 heavy (non-hydrogen) atoms. The van der Waals surface area contributed by atoms with E-state index in [2.05, 4.69) is 24.1 Å². The van der Waals surface area contributed by atoms with Crippen molar-refractivity contribution in [2.45, 2.75) is 45.6 Å². The van der Waals surface area contributed by atoms with Crippen molar-refractivity contribution in [1.29, 1.82) is 0 Å². The molecule has 0 aromatic carbocycles. The molecule has 2 rings (SSSR count). The van der Waals surface area contributed by atoms with Crippen molar-refractivity contribution in [3.63, 3.8) is 0 Å². The average Bonchev–Trinajstić information content (AvgIpc) is 2.48. The second-order valence-electron chi connectivity index (χ2n) is 7.28. The number of aliphatic hydroxyl groups excluding tert-OH is 1. The minimum Gasteiger partial charge on any atom is -0.390 e. The molecule has 0 aromatic rings. The van der Waals surface area contributed by atoms with Crippen molar-refractivity contribution < 1.29 is 14.6 Å². The van der Waals surface area contributed by atoms with E-state index in [1.807, 2.05) is 0 Å². The first-order valence-electron chi connectivity index (χ1n) is 8.40. The summed E-state index contributed by atoms with van der Waals surface area (Å²) in [6.07, 6.45) is 5.52. The molecule has 126 valence electrons. The van der Waals surface area contributed by atoms with Gasteiger partial charge in [-0.25, -0.2) is 0 Å². The zero-order valence-corrected chi connectivity index (χ0v) is 13.9. The quantitative estimate of drug-likeness (QED) is 0.752. The van der Waals surface area contributed by atoms with Crippen LogP contribution in [0.15, 0.2) is 11.6 Å². The number of hydrogen-bond acceptors (Lipinski definition) is 4. The minimum atomic E-state index is -0.522. The van der Waals surface area contributed by atoms with Crippen molar-refractivity contribution >= 4 is 5.91 Å². The van der Waals surface area contributed by atoms with Crippen LogP contribution in [0.4, 0.5) is 0 Å². The molecule has 1 heterocycles. The third-order valence-corrected chi connectivity index (χ3v) is 4.67. The number of hydrogen-bond donors (Lipinski definition) is 2. The lowest BCUT2D eigenvalue weighted by atomic mass is 9.75. The summed E-state index contributed by atoms with van der Waals surface area (Å²) in [6.45, 7) is 8.62. The molecule has 0 spiro atoms. The van der Waals surface area contributed by atoms with Gasteiger partial charge in [-0.3, -0.25) is 9.69 Å². The number of ether oxygens (including phenoxy) is 1. The molecule has 1 amide bonds. The summed E-state index contributed by atoms with van der Waals surface area (Å²) in [4.78, 5) is 14.1. The fourth-order valence-corrected chi connectivity index (χ4v) is 2.99. The number of nitrogens with one attached hydrogen (secondary N) is 1. The number of nitrogens with zero attached hydrogens (tertiary/aromatic N) is 1. The molecule has 1 saturated carbocycles. The predicted molar refractivity (Wildman–Crippen MR) is 86.6 cm³/mol. The monoisotopic (exact) mass is 310 g/mol. The van der Waals surface area contributed by atoms with Gasteiger partial charge in [-0.1, -0.05) is 19.4 Å². The first kappa shape index (κ1) is 17.4. The lowest BCUT2D eigenvalue weighted by Crippen LogP contribution is -2.44. The standard InChI is InChI=1S/C17H30N2O3/c1-17(2)5-3-14(4-6-17)11-16(21)18-12-15(20)13-19-7-9-22-10-8-19/h11,15,20H,3-10,12-13H2,1-2H3,(H,18,21). The van der Waals surface area contributed by atoms with Gasteiger partial charge in [0.05, 0.1) is 19.3 Å². The number of allylic oxidation sites excluding steroid dienone is 1. The molecule has 1 saturated heterocycles. The van der Waals surface area contributed by atoms with E-state index in [-0.39, 0.29) is 5.91 Å². The van der Waals surface area contributed by atoms with Gasteiger partial charge < -0.3 is 15.2 Å². The molecule has 1 aliphatic carbocycles. The van der Waals surface area contributed by atoms with E-state index in [0.29, 0.717) is 18.5 Å². The smallest absolute Gasteiger partial charge is 0.244 e. The molecule has 1 atom stereocenters. The number of aliphatic hydroxyl groups is 1. The Balaban J connectivity index is 1.66. The van der Waals surface area contributed by atoms with E-state index in [1.54, 1.807) is 6.08 Å². The highest BCUT2D eigenvalue weighted by Crippen LogP contribution is 2.37. The first-order valence-corrected chi connectivity index (χ1v) is 8.40. The van der Waals surface area contributed by atoms with Gasteiger partial charge in [0.15, 0.2) is 0 Å². The van der Waals surface area contributed by atoms with E-state index in [1.165, 1.54) is 5.57 Å². The van der Waals surface area contributed by atoms with Gasteiger partial charge in [-0.2, -0.15) is 0 Å². The van der Waals surface area contributed by atoms with Crippen LogP contribution in [0.1, 0.15) is 39.5 Å². The first-order chi connectivity index (χ1) is 10.4. The Morgan fingerprint density at radius 2 is 2.00 bits per heavy atom. The van der Waals surface area contributed by atoms with Crippen molar-refractivity contribution in [2.24, 2.45) is 5.41 Å². The topological polar surface area (TPSA) is 61.8 Å². The number of carbonyl (C=O) groups is 1. The van der Waals surface area contributed by atoms with Gasteiger partial charge in [0.25, 0.3) is 0 Å². The Labute approximate surface area is 133 Å². The van der Waals surface area contributed by atoms with Gasteiger partial charge in [-0.15, -0.1) is 0 Å². The van der Waals surface area contributed by atoms with Crippen LogP contribution in [-0.4, -0.2) is 61.4 Å². The highest BCUT2D eigenvalue weighted by molar-refractivity contribution is 5.88. The van der Waals surface area contributed by atoms with Crippen LogP contribution in [-0.2, 0) is 9.53 Å². The van der Waals surface area contributed by atoms with E-state index < -0.39 is 6.10 Å². The van der Waals surface area contributed by atoms with Gasteiger partial charge in [0, 0.05) is 32.3 Å². The van der Waals surface area contributed by atoms with E-state index in [9.17, 15) is 9.90 Å². The molecule has 2 aliphatic rings. The van der Waals surface area contributed by atoms with Crippen LogP contribution in [0.5, 0.6) is 0 Å². The van der Waals surface area contributed by atoms with Crippen molar-refractivity contribution in [1.82, 2.24) is 10.2 Å². The summed E-state index contributed by atoms with van der Waals surface area (Å²) in [5, 5.41) is 12.8. The number of carbonyl (C=O) groups excluding carboxylic acids is 1. The number of morpholine rings is 1. The molecule has 1 unspecified atom stereocenters. The van der Waals surface area contributed by atoms with Crippen LogP contribution in [0.3, 0.4) is 0 Å². The van der Waals surface area contributed by atoms with E-state index >= 15 is 0 Å². The highest BCUT2D eigenvalue weighted by Gasteiger charge is 2.23. The SMILES string of the molecule is CC1(C)CCC(=CC(=O)NCC(O)CN2CCOCC2)CC1. The molecular weight excluding hydrogens is 280 g/mol. The zero-order valence-electron chi connectivity index (χ0n) is 13.9. The lowest BCUT2D eigenvalue weighted by Gasteiger charge is -2.30. The fourth-order valence-electron chi connectivity index (χ4n) is 2.99. The average molecular weight is 310 g/mol. The van der Waals surface area contributed by atoms with Crippen LogP contribution < -0.4 is 5.32 Å². The minimum absolute atomic E-state index is 0.0734. The third-order valence-electron chi connectivity index (χ3n) is 4.67. The summed E-state index contributed by atoms with van der Waals surface area (Å²) in [6, 6.07) is 0. The van der Waals surface area contributed by atoms with Crippen LogP contribution in [0.25, 0.3) is 0 Å². The normalized spacial score (nSPS) is 23.9. The van der Waals surface area contributed by atoms with Crippen molar-refractivity contribution in [2.75, 3.05) is 39.4 Å². The molecule has 0 aromatic heterocycles. The molecule has 1 aliphatic heterocycles. The summed E-state index contributed by atoms with van der Waals surface area (Å²) < 4.78 is 5.28. The predicted octanol–water partition coefficient (Wildman–Crippen LogP) is 1.32. The summed E-state index contributed by atoms with van der Waals surface area (Å²) in [7, 11) is 0. The van der Waals surface area contributed by atoms with E-state index in [0.717, 1.165) is 52.0 Å². The molecule has 0 bridgehead atoms. The van der Waals surface area contributed by atoms with Gasteiger partial charge in [-0.05, 0) is 31.1 Å². The number of β-amino-alcohol motifs (C(OH)–C–C–N with tert-alkyl or cyclic N) is 1. The molecular formula is C17H30N2O3. The summed E-state index contributed by atoms with van der Waals surface area (Å²) in [5.41, 5.74) is 1.64. The highest BCUT2D eigenvalue weighted by atomic mass is 16.5. The Kier molecular flexibility index (Phi) is 6.41. The van der Waals surface area contributed by atoms with Crippen molar-refractivity contribution in [3.05, 3.63) is 11.6 Å². The van der Waals surface area contributed by atoms with Gasteiger partial charge in [0.2, 0.25) is 5.91 Å². The lowest BCUT2D eigenvalue weighted by molar-refractivity contribution is -0.117. The Hall–Kier alpha value is -0.910. The maximum atomic E-state index is 11.9. The maximum absolute atomic E-state index is 11.9. The molecule has 0 radical (unpaired) electrons. The molecule has 5 heteroatoms. The number of amides is 1. The van der Waals surface area contributed by atoms with Crippen LogP contribution >= 0.6 is 0 Å². The largest absolute Gasteiger partial charge is 0.390 e. The third kappa shape index (κ3) is 6.07. The summed E-state index contributed by atoms with van der Waals surface area (Å²) >= 11 is 0. The van der Waals surface area contributed by atoms with Gasteiger partial charge in [0.1, 0.15) is 0 Å².